The normalized spacial score (nSPS) is 23.4. The van der Waals surface area contributed by atoms with Crippen LogP contribution in [0.5, 0.6) is 0 Å². The second kappa shape index (κ2) is 35.1. The molecule has 12 nitrogen and oxygen atoms in total. The minimum Gasteiger partial charge on any atom is -0.472 e. The molecule has 0 aromatic rings. The third kappa shape index (κ3) is 19.2. The molecule has 0 amide bonds. The molecule has 0 bridgehead atoms. The molecule has 6 aliphatic heterocycles. The topological polar surface area (TPSA) is 130 Å². The predicted octanol–water partition coefficient (Wildman–Crippen LogP) is 15.0. The van der Waals surface area contributed by atoms with E-state index in [2.05, 4.69) is 83.1 Å². The van der Waals surface area contributed by atoms with Crippen LogP contribution in [0.1, 0.15) is 237 Å². The van der Waals surface area contributed by atoms with E-state index in [1.807, 2.05) is 0 Å². The van der Waals surface area contributed by atoms with Crippen LogP contribution in [0.3, 0.4) is 0 Å². The Morgan fingerprint density at radius 1 is 0.236 bits per heavy atom. The van der Waals surface area contributed by atoms with Gasteiger partial charge < -0.3 is 28.4 Å². The molecule has 72 heavy (non-hydrogen) atoms. The summed E-state index contributed by atoms with van der Waals surface area (Å²) >= 11 is 0. The SMILES string of the molecule is CCCC(CCC)[C@@H]1COC(C2=N[C@H](C(CCC)CCC)CO2)=N1.CCCC(CCC)[C@@H]1COC(C2=N[C@H](C(CCC)CCC)CO2)=N1.CCCC(CCC)[C@@H]1COC(C2=N[C@H](C(CCC)CCC)CO2)=N1. The van der Waals surface area contributed by atoms with E-state index in [0.717, 1.165) is 0 Å². The van der Waals surface area contributed by atoms with Crippen molar-refractivity contribution < 1.29 is 28.4 Å². The second-order valence-corrected chi connectivity index (χ2v) is 21.9. The lowest BCUT2D eigenvalue weighted by atomic mass is 9.91. The summed E-state index contributed by atoms with van der Waals surface area (Å²) in [7, 11) is 0. The Balaban J connectivity index is 0.000000234. The predicted molar refractivity (Wildman–Crippen MR) is 303 cm³/mol. The average Bonchev–Trinajstić information content (AvgIpc) is 4.25. The van der Waals surface area contributed by atoms with E-state index in [0.29, 0.717) is 111 Å². The van der Waals surface area contributed by atoms with Crippen molar-refractivity contribution in [3.63, 3.8) is 0 Å². The third-order valence-corrected chi connectivity index (χ3v) is 15.8. The number of hydrogen-bond acceptors (Lipinski definition) is 12. The van der Waals surface area contributed by atoms with Crippen molar-refractivity contribution in [3.05, 3.63) is 0 Å². The van der Waals surface area contributed by atoms with Crippen LogP contribution in [-0.4, -0.2) is 111 Å². The van der Waals surface area contributed by atoms with Gasteiger partial charge >= 0.3 is 0 Å². The van der Waals surface area contributed by atoms with Crippen LogP contribution in [0.15, 0.2) is 30.0 Å². The molecule has 6 rings (SSSR count). The molecule has 12 heteroatoms. The van der Waals surface area contributed by atoms with Gasteiger partial charge in [0.05, 0.1) is 36.3 Å². The number of aliphatic imine (C=N–C) groups is 6. The molecule has 414 valence electrons. The molecule has 6 atom stereocenters. The first-order chi connectivity index (χ1) is 35.2. The molecule has 0 radical (unpaired) electrons. The summed E-state index contributed by atoms with van der Waals surface area (Å²) in [6.45, 7) is 31.2. The lowest BCUT2D eigenvalue weighted by Crippen LogP contribution is -2.20. The van der Waals surface area contributed by atoms with E-state index >= 15 is 0 Å². The van der Waals surface area contributed by atoms with Gasteiger partial charge in [-0.3, -0.25) is 0 Å². The van der Waals surface area contributed by atoms with Crippen molar-refractivity contribution in [1.29, 1.82) is 0 Å². The Morgan fingerprint density at radius 3 is 0.444 bits per heavy atom. The minimum atomic E-state index is 0.285. The van der Waals surface area contributed by atoms with Crippen LogP contribution in [-0.2, 0) is 28.4 Å². The van der Waals surface area contributed by atoms with Crippen molar-refractivity contribution in [3.8, 4) is 0 Å². The van der Waals surface area contributed by atoms with E-state index in [-0.39, 0.29) is 36.3 Å². The summed E-state index contributed by atoms with van der Waals surface area (Å²) in [5.74, 6) is 7.72. The molecule has 0 N–H and O–H groups in total. The summed E-state index contributed by atoms with van der Waals surface area (Å²) in [6, 6.07) is 1.71. The summed E-state index contributed by atoms with van der Waals surface area (Å²) in [6.07, 6.45) is 29.2. The molecular weight excluding hydrogens is 901 g/mol. The number of hydrogen-bond donors (Lipinski definition) is 0. The lowest BCUT2D eigenvalue weighted by Gasteiger charge is -2.18. The van der Waals surface area contributed by atoms with Crippen molar-refractivity contribution in [2.45, 2.75) is 273 Å². The van der Waals surface area contributed by atoms with Gasteiger partial charge in [-0.2, -0.15) is 0 Å². The number of nitrogens with zero attached hydrogens (tertiary/aromatic N) is 6. The third-order valence-electron chi connectivity index (χ3n) is 15.8. The molecule has 6 aliphatic rings. The van der Waals surface area contributed by atoms with Crippen LogP contribution in [0.25, 0.3) is 0 Å². The smallest absolute Gasteiger partial charge is 0.273 e. The zero-order valence-corrected chi connectivity index (χ0v) is 48.3. The fourth-order valence-electron chi connectivity index (χ4n) is 12.1. The summed E-state index contributed by atoms with van der Waals surface area (Å²) in [4.78, 5) is 29.0. The highest BCUT2D eigenvalue weighted by Gasteiger charge is 2.37. The Labute approximate surface area is 440 Å². The Kier molecular flexibility index (Phi) is 30.0. The minimum absolute atomic E-state index is 0.285. The first-order valence-corrected chi connectivity index (χ1v) is 30.4. The molecule has 0 saturated heterocycles. The highest BCUT2D eigenvalue weighted by atomic mass is 16.6. The second-order valence-electron chi connectivity index (χ2n) is 21.9. The Hall–Kier alpha value is -3.18. The van der Waals surface area contributed by atoms with E-state index in [4.69, 9.17) is 58.4 Å². The molecule has 0 aromatic carbocycles. The van der Waals surface area contributed by atoms with E-state index in [9.17, 15) is 0 Å². The standard InChI is InChI=1S/3C20H36N2O2/c3*1-5-9-15(10-6-2)17-13-23-19(21-17)20-22-18(14-24-20)16(11-7-3)12-8-4/h3*15-18H,5-14H2,1-4H3/t3*17-,18-/m000/s1. The molecule has 6 heterocycles. The van der Waals surface area contributed by atoms with E-state index in [1.165, 1.54) is 154 Å². The monoisotopic (exact) mass is 1010 g/mol. The fraction of sp³-hybridized carbons (Fsp3) is 0.900. The van der Waals surface area contributed by atoms with Gasteiger partial charge in [-0.05, 0) is 113 Å². The Morgan fingerprint density at radius 2 is 0.347 bits per heavy atom. The van der Waals surface area contributed by atoms with Crippen LogP contribution in [0.4, 0.5) is 0 Å². The van der Waals surface area contributed by atoms with Crippen LogP contribution in [0.2, 0.25) is 0 Å². The quantitative estimate of drug-likeness (QED) is 0.0644. The van der Waals surface area contributed by atoms with Gasteiger partial charge in [-0.1, -0.05) is 160 Å². The van der Waals surface area contributed by atoms with Gasteiger partial charge in [0.2, 0.25) is 0 Å². The van der Waals surface area contributed by atoms with E-state index in [1.54, 1.807) is 0 Å². The number of rotatable bonds is 33. The van der Waals surface area contributed by atoms with Crippen molar-refractivity contribution in [2.24, 2.45) is 65.5 Å². The molecule has 0 aliphatic carbocycles. The zero-order valence-electron chi connectivity index (χ0n) is 48.3. The Bertz CT molecular complexity index is 1330. The molecular formula is C60H108N6O6. The zero-order chi connectivity index (χ0) is 52.1. The van der Waals surface area contributed by atoms with Crippen molar-refractivity contribution >= 4 is 35.4 Å². The lowest BCUT2D eigenvalue weighted by molar-refractivity contribution is 0.248. The van der Waals surface area contributed by atoms with Crippen molar-refractivity contribution in [2.75, 3.05) is 39.6 Å². The average molecular weight is 1010 g/mol. The maximum absolute atomic E-state index is 5.87. The summed E-state index contributed by atoms with van der Waals surface area (Å²) < 4.78 is 35.2. The maximum Gasteiger partial charge on any atom is 0.273 e. The molecule has 0 aromatic heterocycles. The van der Waals surface area contributed by atoms with Crippen molar-refractivity contribution in [1.82, 2.24) is 0 Å². The first kappa shape index (κ1) is 61.4. The fourth-order valence-corrected chi connectivity index (χ4v) is 12.1. The van der Waals surface area contributed by atoms with E-state index < -0.39 is 0 Å². The molecule has 0 fully saturated rings. The number of ether oxygens (including phenoxy) is 6. The molecule has 0 spiro atoms. The summed E-state index contributed by atoms with van der Waals surface area (Å²) in [5.41, 5.74) is 0. The van der Waals surface area contributed by atoms with Gasteiger partial charge in [-0.25, -0.2) is 30.0 Å². The van der Waals surface area contributed by atoms with Crippen LogP contribution < -0.4 is 0 Å². The molecule has 0 saturated carbocycles. The largest absolute Gasteiger partial charge is 0.472 e. The van der Waals surface area contributed by atoms with Gasteiger partial charge in [0.15, 0.2) is 0 Å². The van der Waals surface area contributed by atoms with Gasteiger partial charge in [0.25, 0.3) is 35.4 Å². The van der Waals surface area contributed by atoms with Gasteiger partial charge in [0, 0.05) is 0 Å². The highest BCUT2D eigenvalue weighted by Crippen LogP contribution is 2.31. The summed E-state index contributed by atoms with van der Waals surface area (Å²) in [5, 5.41) is 0. The van der Waals surface area contributed by atoms with Gasteiger partial charge in [0.1, 0.15) is 39.6 Å². The molecule has 0 unspecified atom stereocenters. The highest BCUT2D eigenvalue weighted by molar-refractivity contribution is 6.37. The first-order valence-electron chi connectivity index (χ1n) is 30.4. The van der Waals surface area contributed by atoms with Gasteiger partial charge in [-0.15, -0.1) is 0 Å². The maximum atomic E-state index is 5.87. The van der Waals surface area contributed by atoms with Crippen LogP contribution in [0, 0.1) is 35.5 Å². The van der Waals surface area contributed by atoms with Crippen LogP contribution >= 0.6 is 0 Å².